The monoisotopic (exact) mass is 369 g/mol. The molecule has 0 amide bonds. The molecule has 0 fully saturated rings. The molecule has 1 radical (unpaired) electrons. The van der Waals surface area contributed by atoms with Crippen LogP contribution in [0.2, 0.25) is 0 Å². The zero-order valence-electron chi connectivity index (χ0n) is 13.2. The second-order valence-electron chi connectivity index (χ2n) is 5.83. The molecule has 7 heteroatoms. The molecule has 0 saturated carbocycles. The smallest absolute Gasteiger partial charge is 0.0415 e. The first-order valence-electron chi connectivity index (χ1n) is 6.54. The Morgan fingerprint density at radius 3 is 1.50 bits per heavy atom. The first-order valence-corrected chi connectivity index (χ1v) is 6.54. The molecule has 0 spiro atoms. The van der Waals surface area contributed by atoms with Gasteiger partial charge in [0.25, 0.3) is 0 Å². The third kappa shape index (κ3) is 8.63. The van der Waals surface area contributed by atoms with Gasteiger partial charge < -0.3 is 31.4 Å². The third-order valence-corrected chi connectivity index (χ3v) is 3.31. The minimum absolute atomic E-state index is 0. The maximum atomic E-state index is 10.4. The predicted molar refractivity (Wildman–Crippen MR) is 81.7 cm³/mol. The zero-order chi connectivity index (χ0) is 15.1. The molecule has 0 heterocycles. The standard InChI is InChI=1S/C13H28N4O2.Tc/c1-9(11(3)16-18)14-7-13(5,6)8-15-10(2)12(4)17-19;/h9-10,14-15,18-19H,7-8H2,1-6H3;/p-2/b16-11+,17-12+;/i;1+1. The summed E-state index contributed by atoms with van der Waals surface area (Å²) in [6.07, 6.45) is 0. The molecule has 2 N–H and O–H groups in total. The van der Waals surface area contributed by atoms with Gasteiger partial charge in [-0.15, -0.1) is 0 Å². The molecule has 2 atom stereocenters. The van der Waals surface area contributed by atoms with E-state index in [1.165, 1.54) is 0 Å². The Balaban J connectivity index is 0. The molecule has 119 valence electrons. The first kappa shape index (κ1) is 21.8. The van der Waals surface area contributed by atoms with Crippen molar-refractivity contribution in [1.29, 1.82) is 0 Å². The number of nitrogens with one attached hydrogen (secondary N) is 2. The molecule has 0 bridgehead atoms. The van der Waals surface area contributed by atoms with Crippen molar-refractivity contribution in [3.8, 4) is 0 Å². The first-order chi connectivity index (χ1) is 8.73. The fourth-order valence-corrected chi connectivity index (χ4v) is 1.37. The van der Waals surface area contributed by atoms with Gasteiger partial charge in [-0.3, -0.25) is 0 Å². The van der Waals surface area contributed by atoms with Crippen LogP contribution in [0.5, 0.6) is 0 Å². The summed E-state index contributed by atoms with van der Waals surface area (Å²) in [6.45, 7) is 13.0. The number of hydrogen-bond acceptors (Lipinski definition) is 6. The molecule has 6 nitrogen and oxygen atoms in total. The molecule has 0 rings (SSSR count). The third-order valence-electron chi connectivity index (χ3n) is 3.31. The molecule has 0 aromatic rings. The van der Waals surface area contributed by atoms with Crippen molar-refractivity contribution >= 4 is 11.4 Å². The molecule has 0 aromatic heterocycles. The fourth-order valence-electron chi connectivity index (χ4n) is 1.37. The van der Waals surface area contributed by atoms with Crippen LogP contribution in [0.15, 0.2) is 10.3 Å². The van der Waals surface area contributed by atoms with Gasteiger partial charge in [-0.05, 0) is 33.1 Å². The van der Waals surface area contributed by atoms with Crippen LogP contribution in [-0.2, 0) is 20.1 Å². The molecule has 0 aliphatic heterocycles. The van der Waals surface area contributed by atoms with E-state index in [9.17, 15) is 10.4 Å². The van der Waals surface area contributed by atoms with Gasteiger partial charge in [0.15, 0.2) is 0 Å². The van der Waals surface area contributed by atoms with Crippen molar-refractivity contribution in [1.82, 2.24) is 10.6 Å². The predicted octanol–water partition coefficient (Wildman–Crippen LogP) is 1.88. The van der Waals surface area contributed by atoms with Gasteiger partial charge in [-0.25, -0.2) is 0 Å². The van der Waals surface area contributed by atoms with Crippen molar-refractivity contribution in [2.75, 3.05) is 13.1 Å². The van der Waals surface area contributed by atoms with E-state index >= 15 is 0 Å². The average molecular weight is 369 g/mol. The van der Waals surface area contributed by atoms with Crippen LogP contribution in [0.25, 0.3) is 0 Å². The Morgan fingerprint density at radius 2 is 1.25 bits per heavy atom. The largest absolute Gasteiger partial charge is 0.792 e. The van der Waals surface area contributed by atoms with Crippen molar-refractivity contribution in [2.45, 2.75) is 53.6 Å². The summed E-state index contributed by atoms with van der Waals surface area (Å²) < 4.78 is 0. The quantitative estimate of drug-likeness (QED) is 0.505. The Kier molecular flexibility index (Phi) is 11.2. The van der Waals surface area contributed by atoms with Crippen LogP contribution in [0.1, 0.15) is 41.5 Å². The van der Waals surface area contributed by atoms with Crippen LogP contribution < -0.4 is 10.6 Å². The minimum Gasteiger partial charge on any atom is -0.792 e. The van der Waals surface area contributed by atoms with Crippen LogP contribution in [0.3, 0.4) is 0 Å². The van der Waals surface area contributed by atoms with Gasteiger partial charge in [0, 0.05) is 56.7 Å². The van der Waals surface area contributed by atoms with Gasteiger partial charge in [0.1, 0.15) is 0 Å². The van der Waals surface area contributed by atoms with Crippen LogP contribution >= 0.6 is 0 Å². The topological polar surface area (TPSA) is 94.9 Å². The van der Waals surface area contributed by atoms with Crippen molar-refractivity contribution in [3.05, 3.63) is 10.4 Å². The van der Waals surface area contributed by atoms with E-state index in [-0.39, 0.29) is 37.6 Å². The normalized spacial score (nSPS) is 16.5. The summed E-state index contributed by atoms with van der Waals surface area (Å²) in [5, 5.41) is 33.3. The summed E-state index contributed by atoms with van der Waals surface area (Å²) >= 11 is 0. The number of rotatable bonds is 8. The van der Waals surface area contributed by atoms with E-state index in [0.29, 0.717) is 11.4 Å². The molecule has 0 aliphatic carbocycles. The van der Waals surface area contributed by atoms with E-state index in [1.54, 1.807) is 13.8 Å². The Morgan fingerprint density at radius 1 is 0.950 bits per heavy atom. The van der Waals surface area contributed by atoms with Crippen molar-refractivity contribution < 1.29 is 20.1 Å². The Bertz CT molecular complexity index is 302. The average Bonchev–Trinajstić information content (AvgIpc) is 2.40. The van der Waals surface area contributed by atoms with Gasteiger partial charge >= 0.3 is 0 Å². The van der Waals surface area contributed by atoms with Gasteiger partial charge in [0.05, 0.1) is 0 Å². The molecular formula is C13H26N4O2Tc-2. The van der Waals surface area contributed by atoms with Gasteiger partial charge in [-0.1, -0.05) is 13.8 Å². The second-order valence-corrected chi connectivity index (χ2v) is 5.83. The summed E-state index contributed by atoms with van der Waals surface area (Å²) in [6, 6.07) is -0.0572. The number of nitrogens with zero attached hydrogens (tertiary/aromatic N) is 2. The molecular weight excluding hydrogens is 343 g/mol. The summed E-state index contributed by atoms with van der Waals surface area (Å²) in [4.78, 5) is 0. The van der Waals surface area contributed by atoms with E-state index < -0.39 is 0 Å². The minimum atomic E-state index is -0.0286. The molecule has 2 unspecified atom stereocenters. The van der Waals surface area contributed by atoms with Crippen molar-refractivity contribution in [3.63, 3.8) is 0 Å². The molecule has 0 saturated heterocycles. The van der Waals surface area contributed by atoms with E-state index in [2.05, 4.69) is 34.8 Å². The van der Waals surface area contributed by atoms with E-state index in [4.69, 9.17) is 0 Å². The maximum absolute atomic E-state index is 10.4. The zero-order valence-corrected chi connectivity index (χ0v) is 15.0. The summed E-state index contributed by atoms with van der Waals surface area (Å²) in [7, 11) is 0. The Labute approximate surface area is 135 Å². The molecule has 0 aromatic carbocycles. The second kappa shape index (κ2) is 10.3. The van der Waals surface area contributed by atoms with Gasteiger partial charge in [-0.2, -0.15) is 0 Å². The van der Waals surface area contributed by atoms with Crippen LogP contribution in [0, 0.1) is 15.8 Å². The Hall–Kier alpha value is -0.491. The van der Waals surface area contributed by atoms with E-state index in [1.807, 2.05) is 13.8 Å². The molecule has 20 heavy (non-hydrogen) atoms. The van der Waals surface area contributed by atoms with Crippen LogP contribution in [-0.4, -0.2) is 36.6 Å². The maximum Gasteiger partial charge on any atom is 0.0415 e. The van der Waals surface area contributed by atoms with Crippen LogP contribution in [0.4, 0.5) is 0 Å². The number of hydrogen-bond donors (Lipinski definition) is 2. The summed E-state index contributed by atoms with van der Waals surface area (Å²) in [5.41, 5.74) is 1.09. The van der Waals surface area contributed by atoms with Crippen molar-refractivity contribution in [2.24, 2.45) is 15.7 Å². The SMILES string of the molecule is C/C(=N\[O-])C(C)NCC(C)(C)CNC(C)/C(C)=N/[O-].[99Tc]. The van der Waals surface area contributed by atoms with Gasteiger partial charge in [0.2, 0.25) is 0 Å². The summed E-state index contributed by atoms with van der Waals surface area (Å²) in [5.74, 6) is 0. The van der Waals surface area contributed by atoms with E-state index in [0.717, 1.165) is 13.1 Å². The molecule has 0 aliphatic rings. The fraction of sp³-hybridized carbons (Fsp3) is 0.846.